The Labute approximate surface area is 173 Å². The lowest BCUT2D eigenvalue weighted by Crippen LogP contribution is -2.28. The van der Waals surface area contributed by atoms with Crippen molar-refractivity contribution in [3.05, 3.63) is 52.1 Å². The van der Waals surface area contributed by atoms with Gasteiger partial charge < -0.3 is 10.1 Å². The van der Waals surface area contributed by atoms with Crippen molar-refractivity contribution >= 4 is 45.1 Å². The average molecular weight is 416 g/mol. The zero-order valence-corrected chi connectivity index (χ0v) is 17.8. The molecule has 0 saturated heterocycles. The van der Waals surface area contributed by atoms with Gasteiger partial charge in [0.05, 0.1) is 9.71 Å². The number of rotatable bonds is 6. The van der Waals surface area contributed by atoms with E-state index in [1.165, 1.54) is 6.92 Å². The summed E-state index contributed by atoms with van der Waals surface area (Å²) < 4.78 is 6.90. The molecular formula is C21H22ClN3O2S. The van der Waals surface area contributed by atoms with E-state index in [4.69, 9.17) is 16.3 Å². The first-order chi connectivity index (χ1) is 13.3. The standard InChI is InChI=1S/C21H22ClN3O2S/c1-12(2)21-25-20-17(28-21)9-8-16(19(20)22)27-18-10-7-15(11-23-18)6-5-13(3)24-14(4)26/h5-13H,1-4H3,(H,24,26)/b6-5+/t13-/m0/s1. The number of nitrogens with one attached hydrogen (secondary N) is 1. The number of ether oxygens (including phenoxy) is 1. The summed E-state index contributed by atoms with van der Waals surface area (Å²) in [6.45, 7) is 7.62. The summed E-state index contributed by atoms with van der Waals surface area (Å²) in [4.78, 5) is 20.0. The predicted octanol–water partition coefficient (Wildman–Crippen LogP) is 5.80. The molecule has 2 heterocycles. The van der Waals surface area contributed by atoms with E-state index in [1.54, 1.807) is 23.6 Å². The number of amides is 1. The van der Waals surface area contributed by atoms with E-state index in [-0.39, 0.29) is 11.9 Å². The second-order valence-electron chi connectivity index (χ2n) is 6.81. The first-order valence-electron chi connectivity index (χ1n) is 9.01. The molecule has 1 amide bonds. The van der Waals surface area contributed by atoms with Gasteiger partial charge >= 0.3 is 0 Å². The molecule has 0 radical (unpaired) electrons. The average Bonchev–Trinajstić information content (AvgIpc) is 3.08. The van der Waals surface area contributed by atoms with Crippen molar-refractivity contribution in [2.45, 2.75) is 39.7 Å². The summed E-state index contributed by atoms with van der Waals surface area (Å²) in [5.41, 5.74) is 1.67. The monoisotopic (exact) mass is 415 g/mol. The smallest absolute Gasteiger partial charge is 0.219 e. The number of nitrogens with zero attached hydrogens (tertiary/aromatic N) is 2. The molecule has 1 aromatic carbocycles. The van der Waals surface area contributed by atoms with Crippen LogP contribution >= 0.6 is 22.9 Å². The summed E-state index contributed by atoms with van der Waals surface area (Å²) >= 11 is 8.16. The van der Waals surface area contributed by atoms with Crippen LogP contribution in [0.4, 0.5) is 0 Å². The van der Waals surface area contributed by atoms with Gasteiger partial charge in [0.15, 0.2) is 0 Å². The zero-order chi connectivity index (χ0) is 20.3. The highest BCUT2D eigenvalue weighted by Gasteiger charge is 2.14. The van der Waals surface area contributed by atoms with Crippen LogP contribution in [0.25, 0.3) is 16.3 Å². The van der Waals surface area contributed by atoms with Crippen LogP contribution in [0, 0.1) is 0 Å². The molecule has 0 aliphatic carbocycles. The van der Waals surface area contributed by atoms with Crippen LogP contribution in [0.2, 0.25) is 5.02 Å². The van der Waals surface area contributed by atoms with Crippen molar-refractivity contribution in [3.63, 3.8) is 0 Å². The van der Waals surface area contributed by atoms with Crippen molar-refractivity contribution in [3.8, 4) is 11.6 Å². The predicted molar refractivity (Wildman–Crippen MR) is 115 cm³/mol. The summed E-state index contributed by atoms with van der Waals surface area (Å²) in [7, 11) is 0. The normalized spacial score (nSPS) is 12.6. The van der Waals surface area contributed by atoms with Gasteiger partial charge in [0.25, 0.3) is 0 Å². The maximum atomic E-state index is 11.0. The number of hydrogen-bond acceptors (Lipinski definition) is 5. The topological polar surface area (TPSA) is 64.1 Å². The Balaban J connectivity index is 1.74. The maximum Gasteiger partial charge on any atom is 0.219 e. The molecule has 0 aliphatic heterocycles. The van der Waals surface area contributed by atoms with Gasteiger partial charge in [-0.2, -0.15) is 0 Å². The summed E-state index contributed by atoms with van der Waals surface area (Å²) in [6.07, 6.45) is 5.51. The molecule has 7 heteroatoms. The molecule has 3 aromatic rings. The minimum Gasteiger partial charge on any atom is -0.437 e. The zero-order valence-electron chi connectivity index (χ0n) is 16.2. The van der Waals surface area contributed by atoms with Gasteiger partial charge in [-0.25, -0.2) is 9.97 Å². The lowest BCUT2D eigenvalue weighted by atomic mass is 10.2. The number of hydrogen-bond donors (Lipinski definition) is 1. The SMILES string of the molecule is CC(=O)N[C@@H](C)/C=C/c1ccc(Oc2ccc3sc(C(C)C)nc3c2Cl)nc1. The molecule has 0 saturated carbocycles. The quantitative estimate of drug-likeness (QED) is 0.552. The third-order valence-corrected chi connectivity index (χ3v) is 5.64. The third-order valence-electron chi connectivity index (χ3n) is 3.96. The summed E-state index contributed by atoms with van der Waals surface area (Å²) in [5, 5.41) is 4.34. The number of aromatic nitrogens is 2. The van der Waals surface area contributed by atoms with E-state index in [1.807, 2.05) is 37.3 Å². The van der Waals surface area contributed by atoms with Crippen molar-refractivity contribution in [2.75, 3.05) is 0 Å². The molecule has 28 heavy (non-hydrogen) atoms. The van der Waals surface area contributed by atoms with E-state index in [2.05, 4.69) is 29.1 Å². The van der Waals surface area contributed by atoms with Crippen molar-refractivity contribution < 1.29 is 9.53 Å². The molecule has 0 fully saturated rings. The van der Waals surface area contributed by atoms with Crippen LogP contribution in [-0.4, -0.2) is 21.9 Å². The number of benzene rings is 1. The van der Waals surface area contributed by atoms with E-state index in [0.29, 0.717) is 22.6 Å². The van der Waals surface area contributed by atoms with Crippen molar-refractivity contribution in [2.24, 2.45) is 0 Å². The number of carbonyl (C=O) groups excluding carboxylic acids is 1. The Morgan fingerprint density at radius 1 is 1.25 bits per heavy atom. The molecule has 3 rings (SSSR count). The Hall–Kier alpha value is -2.44. The van der Waals surface area contributed by atoms with Crippen LogP contribution in [0.15, 0.2) is 36.5 Å². The Bertz CT molecular complexity index is 1010. The van der Waals surface area contributed by atoms with Gasteiger partial charge in [-0.05, 0) is 30.7 Å². The van der Waals surface area contributed by atoms with Crippen LogP contribution in [0.5, 0.6) is 11.6 Å². The van der Waals surface area contributed by atoms with Gasteiger partial charge in [0.1, 0.15) is 16.3 Å². The van der Waals surface area contributed by atoms with Crippen LogP contribution in [0.3, 0.4) is 0 Å². The van der Waals surface area contributed by atoms with E-state index < -0.39 is 0 Å². The molecule has 0 bridgehead atoms. The molecule has 0 spiro atoms. The van der Waals surface area contributed by atoms with Crippen molar-refractivity contribution in [1.29, 1.82) is 0 Å². The van der Waals surface area contributed by atoms with Crippen LogP contribution < -0.4 is 10.1 Å². The Morgan fingerprint density at radius 2 is 2.04 bits per heavy atom. The second-order valence-corrected chi connectivity index (χ2v) is 8.25. The number of thiazole rings is 1. The van der Waals surface area contributed by atoms with E-state index >= 15 is 0 Å². The number of carbonyl (C=O) groups is 1. The van der Waals surface area contributed by atoms with E-state index in [9.17, 15) is 4.79 Å². The largest absolute Gasteiger partial charge is 0.437 e. The lowest BCUT2D eigenvalue weighted by molar-refractivity contribution is -0.119. The highest BCUT2D eigenvalue weighted by atomic mass is 35.5. The fourth-order valence-electron chi connectivity index (χ4n) is 2.57. The first kappa shape index (κ1) is 20.3. The van der Waals surface area contributed by atoms with Gasteiger partial charge in [0.2, 0.25) is 11.8 Å². The molecule has 146 valence electrons. The molecule has 5 nitrogen and oxygen atoms in total. The van der Waals surface area contributed by atoms with Crippen LogP contribution in [0.1, 0.15) is 44.2 Å². The summed E-state index contributed by atoms with van der Waals surface area (Å²) in [5.74, 6) is 1.28. The molecule has 1 N–H and O–H groups in total. The van der Waals surface area contributed by atoms with Crippen molar-refractivity contribution in [1.82, 2.24) is 15.3 Å². The van der Waals surface area contributed by atoms with Gasteiger partial charge in [-0.15, -0.1) is 11.3 Å². The molecule has 1 atom stereocenters. The van der Waals surface area contributed by atoms with Gasteiger partial charge in [-0.3, -0.25) is 4.79 Å². The Morgan fingerprint density at radius 3 is 2.68 bits per heavy atom. The number of fused-ring (bicyclic) bond motifs is 1. The summed E-state index contributed by atoms with van der Waals surface area (Å²) in [6, 6.07) is 7.45. The minimum absolute atomic E-state index is 0.0483. The fourth-order valence-corrected chi connectivity index (χ4v) is 3.85. The van der Waals surface area contributed by atoms with E-state index in [0.717, 1.165) is 20.8 Å². The minimum atomic E-state index is -0.0616. The molecule has 0 unspecified atom stereocenters. The highest BCUT2D eigenvalue weighted by molar-refractivity contribution is 7.18. The fraction of sp³-hybridized carbons (Fsp3) is 0.286. The first-order valence-corrected chi connectivity index (χ1v) is 10.2. The van der Waals surface area contributed by atoms with Gasteiger partial charge in [0, 0.05) is 31.1 Å². The second kappa shape index (κ2) is 8.71. The van der Waals surface area contributed by atoms with Crippen LogP contribution in [-0.2, 0) is 4.79 Å². The highest BCUT2D eigenvalue weighted by Crippen LogP contribution is 2.38. The molecule has 2 aromatic heterocycles. The molecular weight excluding hydrogens is 394 g/mol. The lowest BCUT2D eigenvalue weighted by Gasteiger charge is -2.08. The third kappa shape index (κ3) is 4.88. The Kier molecular flexibility index (Phi) is 6.31. The maximum absolute atomic E-state index is 11.0. The van der Waals surface area contributed by atoms with Gasteiger partial charge in [-0.1, -0.05) is 37.6 Å². The number of pyridine rings is 1. The number of halogens is 1. The molecule has 0 aliphatic rings.